The van der Waals surface area contributed by atoms with Gasteiger partial charge in [-0.25, -0.2) is 0 Å². The van der Waals surface area contributed by atoms with Gasteiger partial charge in [-0.2, -0.15) is 5.10 Å². The van der Waals surface area contributed by atoms with Gasteiger partial charge in [-0.05, 0) is 25.1 Å². The number of benzene rings is 1. The Morgan fingerprint density at radius 1 is 1.33 bits per heavy atom. The van der Waals surface area contributed by atoms with Crippen LogP contribution in [-0.4, -0.2) is 11.1 Å². The third-order valence-electron chi connectivity index (χ3n) is 2.24. The van der Waals surface area contributed by atoms with E-state index >= 15 is 0 Å². The molecule has 0 aliphatic heterocycles. The normalized spacial score (nSPS) is 10.7. The zero-order chi connectivity index (χ0) is 13.0. The number of hydrazone groups is 1. The van der Waals surface area contributed by atoms with Crippen molar-refractivity contribution in [2.24, 2.45) is 5.10 Å². The summed E-state index contributed by atoms with van der Waals surface area (Å²) in [4.78, 5) is 12.5. The van der Waals surface area contributed by atoms with E-state index in [4.69, 9.17) is 0 Å². The highest BCUT2D eigenvalue weighted by atomic mass is 32.1. The molecule has 18 heavy (non-hydrogen) atoms. The van der Waals surface area contributed by atoms with Crippen LogP contribution in [-0.2, 0) is 0 Å². The fourth-order valence-corrected chi connectivity index (χ4v) is 2.16. The number of nitro groups is 1. The molecule has 0 spiro atoms. The van der Waals surface area contributed by atoms with Gasteiger partial charge in [0.05, 0.1) is 11.1 Å². The van der Waals surface area contributed by atoms with Crippen LogP contribution in [0.5, 0.6) is 0 Å². The SMILES string of the molecule is Cc1ccc(/C=N\Nc2ccccc2[N+](=O)[O-])s1. The van der Waals surface area contributed by atoms with Gasteiger partial charge in [0.15, 0.2) is 0 Å². The van der Waals surface area contributed by atoms with Gasteiger partial charge in [-0.1, -0.05) is 12.1 Å². The van der Waals surface area contributed by atoms with Crippen LogP contribution in [0, 0.1) is 17.0 Å². The molecule has 0 fully saturated rings. The number of hydrogen-bond donors (Lipinski definition) is 1. The Balaban J connectivity index is 2.11. The molecule has 2 rings (SSSR count). The predicted octanol–water partition coefficient (Wildman–Crippen LogP) is 3.41. The first-order chi connectivity index (χ1) is 8.66. The minimum atomic E-state index is -0.437. The highest BCUT2D eigenvalue weighted by Crippen LogP contribution is 2.23. The molecule has 5 nitrogen and oxygen atoms in total. The molecule has 0 saturated carbocycles. The van der Waals surface area contributed by atoms with Crippen LogP contribution >= 0.6 is 11.3 Å². The highest BCUT2D eigenvalue weighted by Gasteiger charge is 2.10. The Labute approximate surface area is 108 Å². The first-order valence-corrected chi connectivity index (χ1v) is 6.07. The molecule has 0 aliphatic rings. The lowest BCUT2D eigenvalue weighted by molar-refractivity contribution is -0.384. The molecule has 1 N–H and O–H groups in total. The Bertz CT molecular complexity index is 593. The second kappa shape index (κ2) is 5.42. The van der Waals surface area contributed by atoms with Gasteiger partial charge in [0, 0.05) is 15.8 Å². The van der Waals surface area contributed by atoms with Crippen LogP contribution < -0.4 is 5.43 Å². The van der Waals surface area contributed by atoms with Crippen molar-refractivity contribution in [3.8, 4) is 0 Å². The molecule has 0 atom stereocenters. The first-order valence-electron chi connectivity index (χ1n) is 5.26. The summed E-state index contributed by atoms with van der Waals surface area (Å²) in [5, 5.41) is 14.8. The molecular weight excluding hydrogens is 250 g/mol. The largest absolute Gasteiger partial charge is 0.294 e. The maximum Gasteiger partial charge on any atom is 0.294 e. The van der Waals surface area contributed by atoms with E-state index in [0.29, 0.717) is 5.69 Å². The van der Waals surface area contributed by atoms with Crippen molar-refractivity contribution in [3.05, 3.63) is 56.3 Å². The summed E-state index contributed by atoms with van der Waals surface area (Å²) in [7, 11) is 0. The van der Waals surface area contributed by atoms with Gasteiger partial charge in [-0.15, -0.1) is 11.3 Å². The molecule has 1 aromatic heterocycles. The minimum Gasteiger partial charge on any atom is -0.272 e. The Hall–Kier alpha value is -2.21. The molecule has 6 heteroatoms. The second-order valence-corrected chi connectivity index (χ2v) is 4.91. The molecular formula is C12H11N3O2S. The van der Waals surface area contributed by atoms with Crippen LogP contribution in [0.4, 0.5) is 11.4 Å². The van der Waals surface area contributed by atoms with E-state index in [0.717, 1.165) is 4.88 Å². The van der Waals surface area contributed by atoms with E-state index in [2.05, 4.69) is 10.5 Å². The third kappa shape index (κ3) is 2.92. The number of rotatable bonds is 4. The van der Waals surface area contributed by atoms with Gasteiger partial charge in [0.2, 0.25) is 0 Å². The number of aryl methyl sites for hydroxylation is 1. The fraction of sp³-hybridized carbons (Fsp3) is 0.0833. The number of nitrogens with zero attached hydrogens (tertiary/aromatic N) is 2. The molecule has 0 bridgehead atoms. The van der Waals surface area contributed by atoms with Crippen molar-refractivity contribution in [3.63, 3.8) is 0 Å². The summed E-state index contributed by atoms with van der Waals surface area (Å²) in [5.41, 5.74) is 3.08. The summed E-state index contributed by atoms with van der Waals surface area (Å²) in [6, 6.07) is 10.3. The summed E-state index contributed by atoms with van der Waals surface area (Å²) in [6.45, 7) is 2.01. The van der Waals surface area contributed by atoms with E-state index in [-0.39, 0.29) is 5.69 Å². The second-order valence-electron chi connectivity index (χ2n) is 3.59. The third-order valence-corrected chi connectivity index (χ3v) is 3.17. The molecule has 2 aromatic rings. The first kappa shape index (κ1) is 12.3. The number of nitrogens with one attached hydrogen (secondary N) is 1. The number of nitro benzene ring substituents is 1. The monoisotopic (exact) mass is 261 g/mol. The van der Waals surface area contributed by atoms with Gasteiger partial charge in [-0.3, -0.25) is 15.5 Å². The summed E-state index contributed by atoms with van der Waals surface area (Å²) < 4.78 is 0. The van der Waals surface area contributed by atoms with Gasteiger partial charge >= 0.3 is 0 Å². The number of anilines is 1. The van der Waals surface area contributed by atoms with E-state index in [1.54, 1.807) is 35.8 Å². The fourth-order valence-electron chi connectivity index (χ4n) is 1.42. The Kier molecular flexibility index (Phi) is 3.69. The maximum atomic E-state index is 10.8. The van der Waals surface area contributed by atoms with Crippen molar-refractivity contribution >= 4 is 28.9 Å². The van der Waals surface area contributed by atoms with Crippen LogP contribution in [0.1, 0.15) is 9.75 Å². The molecule has 0 radical (unpaired) electrons. The highest BCUT2D eigenvalue weighted by molar-refractivity contribution is 7.13. The van der Waals surface area contributed by atoms with Crippen molar-refractivity contribution in [2.45, 2.75) is 6.92 Å². The minimum absolute atomic E-state index is 0.0111. The topological polar surface area (TPSA) is 67.5 Å². The standard InChI is InChI=1S/C12H11N3O2S/c1-9-6-7-10(18-9)8-13-14-11-4-2-3-5-12(11)15(16)17/h2-8,14H,1H3/b13-8-. The van der Waals surface area contributed by atoms with Crippen molar-refractivity contribution < 1.29 is 4.92 Å². The van der Waals surface area contributed by atoms with Crippen molar-refractivity contribution in [2.75, 3.05) is 5.43 Å². The van der Waals surface area contributed by atoms with E-state index in [9.17, 15) is 10.1 Å². The zero-order valence-corrected chi connectivity index (χ0v) is 10.5. The van der Waals surface area contributed by atoms with Crippen LogP contribution in [0.3, 0.4) is 0 Å². The number of thiophene rings is 1. The summed E-state index contributed by atoms with van der Waals surface area (Å²) in [5.74, 6) is 0. The van der Waals surface area contributed by atoms with Crippen LogP contribution in [0.15, 0.2) is 41.5 Å². The smallest absolute Gasteiger partial charge is 0.272 e. The van der Waals surface area contributed by atoms with Crippen molar-refractivity contribution in [1.29, 1.82) is 0 Å². The zero-order valence-electron chi connectivity index (χ0n) is 9.66. The lowest BCUT2D eigenvalue weighted by atomic mass is 10.3. The average molecular weight is 261 g/mol. The van der Waals surface area contributed by atoms with E-state index in [1.165, 1.54) is 10.9 Å². The lowest BCUT2D eigenvalue weighted by Crippen LogP contribution is -1.96. The quantitative estimate of drug-likeness (QED) is 0.521. The molecule has 0 unspecified atom stereocenters. The molecule has 1 aromatic carbocycles. The van der Waals surface area contributed by atoms with Crippen molar-refractivity contribution in [1.82, 2.24) is 0 Å². The molecule has 0 amide bonds. The summed E-state index contributed by atoms with van der Waals surface area (Å²) in [6.07, 6.45) is 1.65. The maximum absolute atomic E-state index is 10.8. The van der Waals surface area contributed by atoms with Gasteiger partial charge < -0.3 is 0 Å². The molecule has 1 heterocycles. The van der Waals surface area contributed by atoms with Crippen LogP contribution in [0.25, 0.3) is 0 Å². The lowest BCUT2D eigenvalue weighted by Gasteiger charge is -2.00. The number of hydrogen-bond acceptors (Lipinski definition) is 5. The molecule has 0 aliphatic carbocycles. The van der Waals surface area contributed by atoms with Gasteiger partial charge in [0.25, 0.3) is 5.69 Å². The Morgan fingerprint density at radius 3 is 2.78 bits per heavy atom. The summed E-state index contributed by atoms with van der Waals surface area (Å²) >= 11 is 1.61. The van der Waals surface area contributed by atoms with E-state index < -0.39 is 4.92 Å². The van der Waals surface area contributed by atoms with Gasteiger partial charge in [0.1, 0.15) is 5.69 Å². The Morgan fingerprint density at radius 2 is 2.11 bits per heavy atom. The van der Waals surface area contributed by atoms with Crippen LogP contribution in [0.2, 0.25) is 0 Å². The molecule has 0 saturated heterocycles. The molecule has 92 valence electrons. The average Bonchev–Trinajstić information content (AvgIpc) is 2.75. The predicted molar refractivity (Wildman–Crippen MR) is 73.4 cm³/mol. The van der Waals surface area contributed by atoms with E-state index in [1.807, 2.05) is 19.1 Å². The number of para-hydroxylation sites is 2.